The SMILES string of the molecule is O=C(c1ccc(F)c(Br)c1)c1cc(F)c(F)cc1Cl. The molecule has 0 aliphatic heterocycles. The molecule has 0 N–H and O–H groups in total. The predicted octanol–water partition coefficient (Wildman–Crippen LogP) is 4.75. The van der Waals surface area contributed by atoms with Crippen LogP contribution in [0.1, 0.15) is 15.9 Å². The van der Waals surface area contributed by atoms with E-state index in [1.54, 1.807) is 0 Å². The fourth-order valence-electron chi connectivity index (χ4n) is 1.49. The Morgan fingerprint density at radius 1 is 1.00 bits per heavy atom. The van der Waals surface area contributed by atoms with Gasteiger partial charge in [0.2, 0.25) is 0 Å². The van der Waals surface area contributed by atoms with Crippen molar-refractivity contribution in [2.75, 3.05) is 0 Å². The van der Waals surface area contributed by atoms with E-state index in [0.29, 0.717) is 0 Å². The van der Waals surface area contributed by atoms with Crippen LogP contribution >= 0.6 is 27.5 Å². The number of hydrogen-bond donors (Lipinski definition) is 0. The third-order valence-electron chi connectivity index (χ3n) is 2.44. The van der Waals surface area contributed by atoms with Gasteiger partial charge in [0, 0.05) is 11.1 Å². The van der Waals surface area contributed by atoms with Crippen molar-refractivity contribution in [1.29, 1.82) is 0 Å². The molecule has 0 aliphatic carbocycles. The molecule has 0 spiro atoms. The van der Waals surface area contributed by atoms with Gasteiger partial charge in [-0.05, 0) is 46.3 Å². The Bertz CT molecular complexity index is 673. The minimum atomic E-state index is -1.17. The Morgan fingerprint density at radius 3 is 2.26 bits per heavy atom. The van der Waals surface area contributed by atoms with Gasteiger partial charge < -0.3 is 0 Å². The third kappa shape index (κ3) is 2.82. The third-order valence-corrected chi connectivity index (χ3v) is 3.36. The van der Waals surface area contributed by atoms with Crippen LogP contribution in [0, 0.1) is 17.5 Å². The molecule has 19 heavy (non-hydrogen) atoms. The van der Waals surface area contributed by atoms with E-state index in [4.69, 9.17) is 11.6 Å². The van der Waals surface area contributed by atoms with Gasteiger partial charge in [0.25, 0.3) is 0 Å². The molecule has 0 fully saturated rings. The van der Waals surface area contributed by atoms with Crippen molar-refractivity contribution < 1.29 is 18.0 Å². The van der Waals surface area contributed by atoms with Gasteiger partial charge >= 0.3 is 0 Å². The van der Waals surface area contributed by atoms with E-state index in [9.17, 15) is 18.0 Å². The minimum absolute atomic E-state index is 0.0945. The Balaban J connectivity index is 2.49. The van der Waals surface area contributed by atoms with E-state index in [-0.39, 0.29) is 20.6 Å². The second-order valence-electron chi connectivity index (χ2n) is 3.70. The summed E-state index contributed by atoms with van der Waals surface area (Å²) in [5.41, 5.74) is -0.0692. The monoisotopic (exact) mass is 348 g/mol. The fourth-order valence-corrected chi connectivity index (χ4v) is 2.10. The highest BCUT2D eigenvalue weighted by molar-refractivity contribution is 9.10. The zero-order chi connectivity index (χ0) is 14.2. The lowest BCUT2D eigenvalue weighted by Gasteiger charge is -2.05. The molecule has 0 bridgehead atoms. The molecule has 0 saturated heterocycles. The lowest BCUT2D eigenvalue weighted by Crippen LogP contribution is -2.04. The second kappa shape index (κ2) is 5.35. The average Bonchev–Trinajstić information content (AvgIpc) is 2.36. The molecule has 98 valence electrons. The largest absolute Gasteiger partial charge is 0.289 e. The summed E-state index contributed by atoms with van der Waals surface area (Å²) < 4.78 is 39.2. The van der Waals surface area contributed by atoms with E-state index in [2.05, 4.69) is 15.9 Å². The summed E-state index contributed by atoms with van der Waals surface area (Å²) in [4.78, 5) is 12.1. The highest BCUT2D eigenvalue weighted by atomic mass is 79.9. The van der Waals surface area contributed by atoms with Crippen molar-refractivity contribution in [1.82, 2.24) is 0 Å². The molecule has 0 radical (unpaired) electrons. The first-order valence-corrected chi connectivity index (χ1v) is 6.21. The molecule has 6 heteroatoms. The number of carbonyl (C=O) groups is 1. The lowest BCUT2D eigenvalue weighted by molar-refractivity contribution is 0.103. The predicted molar refractivity (Wildman–Crippen MR) is 68.9 cm³/mol. The molecule has 2 rings (SSSR count). The normalized spacial score (nSPS) is 10.6. The summed E-state index contributed by atoms with van der Waals surface area (Å²) in [6, 6.07) is 5.01. The molecule has 0 atom stereocenters. The van der Waals surface area contributed by atoms with Crippen LogP contribution in [0.4, 0.5) is 13.2 Å². The van der Waals surface area contributed by atoms with Crippen molar-refractivity contribution in [3.63, 3.8) is 0 Å². The van der Waals surface area contributed by atoms with Gasteiger partial charge in [-0.3, -0.25) is 4.79 Å². The summed E-state index contributed by atoms with van der Waals surface area (Å²) in [5, 5.41) is -0.204. The van der Waals surface area contributed by atoms with Gasteiger partial charge in [-0.15, -0.1) is 0 Å². The van der Waals surface area contributed by atoms with E-state index in [1.165, 1.54) is 12.1 Å². The second-order valence-corrected chi connectivity index (χ2v) is 4.97. The Morgan fingerprint density at radius 2 is 1.63 bits per heavy atom. The topological polar surface area (TPSA) is 17.1 Å². The number of halogens is 5. The highest BCUT2D eigenvalue weighted by Crippen LogP contribution is 2.25. The summed E-state index contributed by atoms with van der Waals surface area (Å²) in [5.74, 6) is -3.46. The molecule has 0 saturated carbocycles. The Hall–Kier alpha value is -1.33. The van der Waals surface area contributed by atoms with Gasteiger partial charge in [-0.1, -0.05) is 11.6 Å². The lowest BCUT2D eigenvalue weighted by atomic mass is 10.0. The molecule has 0 amide bonds. The summed E-state index contributed by atoms with van der Waals surface area (Å²) in [7, 11) is 0. The Kier molecular flexibility index (Phi) is 3.96. The maximum Gasteiger partial charge on any atom is 0.194 e. The van der Waals surface area contributed by atoms with Crippen LogP contribution in [-0.2, 0) is 0 Å². The molecular weight excluding hydrogens is 344 g/mol. The van der Waals surface area contributed by atoms with E-state index >= 15 is 0 Å². The molecule has 1 nitrogen and oxygen atoms in total. The molecule has 2 aromatic carbocycles. The molecule has 0 aliphatic rings. The van der Waals surface area contributed by atoms with Crippen LogP contribution in [0.5, 0.6) is 0 Å². The highest BCUT2D eigenvalue weighted by Gasteiger charge is 2.17. The quantitative estimate of drug-likeness (QED) is 0.565. The zero-order valence-corrected chi connectivity index (χ0v) is 11.5. The summed E-state index contributed by atoms with van der Waals surface area (Å²) >= 11 is 8.64. The number of carbonyl (C=O) groups excluding carboxylic acids is 1. The van der Waals surface area contributed by atoms with E-state index in [0.717, 1.165) is 18.2 Å². The minimum Gasteiger partial charge on any atom is -0.289 e. The molecular formula is C13H5BrClF3O. The van der Waals surface area contributed by atoms with Crippen LogP contribution in [0.25, 0.3) is 0 Å². The van der Waals surface area contributed by atoms with Crippen LogP contribution in [0.15, 0.2) is 34.8 Å². The van der Waals surface area contributed by atoms with Crippen molar-refractivity contribution in [3.8, 4) is 0 Å². The first-order valence-electron chi connectivity index (χ1n) is 5.04. The standard InChI is InChI=1S/C13H5BrClF3O/c14-8-3-6(1-2-10(8)16)13(19)7-4-11(17)12(18)5-9(7)15/h1-5H. The number of hydrogen-bond acceptors (Lipinski definition) is 1. The fraction of sp³-hybridized carbons (Fsp3) is 0. The van der Waals surface area contributed by atoms with Crippen molar-refractivity contribution >= 4 is 33.3 Å². The molecule has 2 aromatic rings. The first kappa shape index (κ1) is 14.1. The van der Waals surface area contributed by atoms with Gasteiger partial charge in [-0.2, -0.15) is 0 Å². The molecule has 0 aromatic heterocycles. The molecule has 0 heterocycles. The summed E-state index contributed by atoms with van der Waals surface area (Å²) in [6.45, 7) is 0. The van der Waals surface area contributed by atoms with E-state index in [1.807, 2.05) is 0 Å². The zero-order valence-electron chi connectivity index (χ0n) is 9.18. The first-order chi connectivity index (χ1) is 8.90. The van der Waals surface area contributed by atoms with Crippen molar-refractivity contribution in [2.24, 2.45) is 0 Å². The van der Waals surface area contributed by atoms with Gasteiger partial charge in [0.1, 0.15) is 5.82 Å². The van der Waals surface area contributed by atoms with E-state index < -0.39 is 23.2 Å². The smallest absolute Gasteiger partial charge is 0.194 e. The van der Waals surface area contributed by atoms with Gasteiger partial charge in [0.05, 0.1) is 9.50 Å². The maximum absolute atomic E-state index is 13.1. The van der Waals surface area contributed by atoms with Crippen molar-refractivity contribution in [2.45, 2.75) is 0 Å². The van der Waals surface area contributed by atoms with Crippen LogP contribution in [0.2, 0.25) is 5.02 Å². The maximum atomic E-state index is 13.1. The van der Waals surface area contributed by atoms with Crippen LogP contribution < -0.4 is 0 Å². The van der Waals surface area contributed by atoms with Crippen LogP contribution in [-0.4, -0.2) is 5.78 Å². The average molecular weight is 350 g/mol. The number of benzene rings is 2. The number of ketones is 1. The van der Waals surface area contributed by atoms with Gasteiger partial charge in [-0.25, -0.2) is 13.2 Å². The van der Waals surface area contributed by atoms with Gasteiger partial charge in [0.15, 0.2) is 17.4 Å². The molecule has 0 unspecified atom stereocenters. The summed E-state index contributed by atoms with van der Waals surface area (Å²) in [6.07, 6.45) is 0. The van der Waals surface area contributed by atoms with Crippen LogP contribution in [0.3, 0.4) is 0 Å². The Labute approximate surface area is 120 Å². The number of rotatable bonds is 2. The van der Waals surface area contributed by atoms with Crippen molar-refractivity contribution in [3.05, 3.63) is 68.4 Å².